The van der Waals surface area contributed by atoms with Crippen molar-refractivity contribution < 1.29 is 22.0 Å². The summed E-state index contributed by atoms with van der Waals surface area (Å²) in [6.07, 6.45) is 5.77. The van der Waals surface area contributed by atoms with Gasteiger partial charge in [-0.05, 0) is 37.1 Å². The lowest BCUT2D eigenvalue weighted by atomic mass is 10.2. The number of aromatic nitrogens is 1. The van der Waals surface area contributed by atoms with E-state index in [0.29, 0.717) is 12.4 Å². The third-order valence-electron chi connectivity index (χ3n) is 4.60. The average Bonchev–Trinajstić information content (AvgIpc) is 3.18. The number of pyridine rings is 1. The highest BCUT2D eigenvalue weighted by Crippen LogP contribution is 2.19. The summed E-state index contributed by atoms with van der Waals surface area (Å²) in [6, 6.07) is 5.78. The van der Waals surface area contributed by atoms with Crippen molar-refractivity contribution in [1.82, 2.24) is 10.3 Å². The van der Waals surface area contributed by atoms with E-state index in [1.165, 1.54) is 12.1 Å². The van der Waals surface area contributed by atoms with Gasteiger partial charge in [-0.15, -0.1) is 0 Å². The number of carbonyl (C=O) groups is 1. The molecule has 0 bridgehead atoms. The summed E-state index contributed by atoms with van der Waals surface area (Å²) in [4.78, 5) is 15.8. The van der Waals surface area contributed by atoms with Gasteiger partial charge in [-0.1, -0.05) is 12.8 Å². The lowest BCUT2D eigenvalue weighted by Gasteiger charge is -2.12. The van der Waals surface area contributed by atoms with E-state index in [9.17, 15) is 22.0 Å². The molecule has 1 heterocycles. The van der Waals surface area contributed by atoms with E-state index >= 15 is 0 Å². The topological polar surface area (TPSA) is 100 Å². The first-order chi connectivity index (χ1) is 13.8. The summed E-state index contributed by atoms with van der Waals surface area (Å²) in [6.45, 7) is 0.366. The van der Waals surface area contributed by atoms with Gasteiger partial charge in [0.25, 0.3) is 10.0 Å². The molecule has 10 heteroatoms. The Balaban J connectivity index is 1.51. The highest BCUT2D eigenvalue weighted by molar-refractivity contribution is 7.92. The number of halogens is 2. The minimum Gasteiger partial charge on any atom is -0.370 e. The quantitative estimate of drug-likeness (QED) is 0.605. The molecule has 1 amide bonds. The first kappa shape index (κ1) is 21.0. The predicted octanol–water partition coefficient (Wildman–Crippen LogP) is 3.02. The number of hydrogen-bond acceptors (Lipinski definition) is 5. The van der Waals surface area contributed by atoms with Crippen LogP contribution in [0.15, 0.2) is 41.4 Å². The molecule has 0 atom stereocenters. The van der Waals surface area contributed by atoms with Crippen molar-refractivity contribution in [3.05, 3.63) is 48.2 Å². The van der Waals surface area contributed by atoms with Crippen molar-refractivity contribution in [2.24, 2.45) is 0 Å². The van der Waals surface area contributed by atoms with E-state index in [1.807, 2.05) is 0 Å². The van der Waals surface area contributed by atoms with Gasteiger partial charge >= 0.3 is 0 Å². The minimum atomic E-state index is -4.00. The standard InChI is InChI=1S/C19H22F2N4O3S/c20-16-7-5-14(11-17(16)21)25-29(27,28)15-6-8-18(23-12-15)22-10-9-19(26)24-13-3-1-2-4-13/h5-8,11-13,25H,1-4,9-10H2,(H,22,23)(H,24,26). The molecule has 0 radical (unpaired) electrons. The molecule has 2 aromatic rings. The number of benzene rings is 1. The molecule has 156 valence electrons. The van der Waals surface area contributed by atoms with E-state index < -0.39 is 21.7 Å². The average molecular weight is 424 g/mol. The molecule has 29 heavy (non-hydrogen) atoms. The molecule has 1 aromatic carbocycles. The smallest absolute Gasteiger partial charge is 0.263 e. The van der Waals surface area contributed by atoms with Gasteiger partial charge in [-0.25, -0.2) is 22.2 Å². The molecule has 1 aliphatic carbocycles. The van der Waals surface area contributed by atoms with Crippen LogP contribution in [-0.2, 0) is 14.8 Å². The van der Waals surface area contributed by atoms with Gasteiger partial charge in [-0.3, -0.25) is 9.52 Å². The number of nitrogens with one attached hydrogen (secondary N) is 3. The summed E-state index contributed by atoms with van der Waals surface area (Å²) in [5.41, 5.74) is -0.0978. The molecule has 0 aliphatic heterocycles. The Morgan fingerprint density at radius 1 is 1.10 bits per heavy atom. The zero-order valence-electron chi connectivity index (χ0n) is 15.6. The summed E-state index contributed by atoms with van der Waals surface area (Å²) < 4.78 is 53.0. The maximum Gasteiger partial charge on any atom is 0.263 e. The largest absolute Gasteiger partial charge is 0.370 e. The number of hydrogen-bond donors (Lipinski definition) is 3. The Kier molecular flexibility index (Phi) is 6.63. The van der Waals surface area contributed by atoms with Crippen molar-refractivity contribution in [1.29, 1.82) is 0 Å². The number of nitrogens with zero attached hydrogens (tertiary/aromatic N) is 1. The van der Waals surface area contributed by atoms with Gasteiger partial charge in [0.15, 0.2) is 11.6 Å². The zero-order valence-corrected chi connectivity index (χ0v) is 16.4. The van der Waals surface area contributed by atoms with Crippen LogP contribution in [-0.4, -0.2) is 31.9 Å². The van der Waals surface area contributed by atoms with E-state index in [2.05, 4.69) is 20.3 Å². The van der Waals surface area contributed by atoms with Crippen LogP contribution in [0, 0.1) is 11.6 Å². The predicted molar refractivity (Wildman–Crippen MR) is 105 cm³/mol. The Labute approximate surface area is 168 Å². The molecule has 1 fully saturated rings. The Morgan fingerprint density at radius 3 is 2.52 bits per heavy atom. The summed E-state index contributed by atoms with van der Waals surface area (Å²) >= 11 is 0. The second-order valence-electron chi connectivity index (χ2n) is 6.84. The van der Waals surface area contributed by atoms with Crippen molar-refractivity contribution in [2.45, 2.75) is 43.0 Å². The highest BCUT2D eigenvalue weighted by Gasteiger charge is 2.17. The number of sulfonamides is 1. The Bertz CT molecular complexity index is 962. The molecule has 0 unspecified atom stereocenters. The van der Waals surface area contributed by atoms with Gasteiger partial charge in [0.05, 0.1) is 5.69 Å². The molecule has 1 saturated carbocycles. The van der Waals surface area contributed by atoms with Gasteiger partial charge in [0.2, 0.25) is 5.91 Å². The van der Waals surface area contributed by atoms with Crippen LogP contribution in [0.5, 0.6) is 0 Å². The highest BCUT2D eigenvalue weighted by atomic mass is 32.2. The Hall–Kier alpha value is -2.75. The fraction of sp³-hybridized carbons (Fsp3) is 0.368. The van der Waals surface area contributed by atoms with Crippen LogP contribution >= 0.6 is 0 Å². The van der Waals surface area contributed by atoms with Crippen LogP contribution in [0.4, 0.5) is 20.3 Å². The third kappa shape index (κ3) is 5.86. The van der Waals surface area contributed by atoms with Crippen LogP contribution < -0.4 is 15.4 Å². The molecule has 0 saturated heterocycles. The number of carbonyl (C=O) groups excluding carboxylic acids is 1. The van der Waals surface area contributed by atoms with Crippen LogP contribution in [0.3, 0.4) is 0 Å². The lowest BCUT2D eigenvalue weighted by molar-refractivity contribution is -0.121. The summed E-state index contributed by atoms with van der Waals surface area (Å²) in [5.74, 6) is -1.83. The molecule has 1 aliphatic rings. The molecule has 3 rings (SSSR count). The van der Waals surface area contributed by atoms with E-state index in [0.717, 1.165) is 50.1 Å². The normalized spacial score (nSPS) is 14.6. The SMILES string of the molecule is O=C(CCNc1ccc(S(=O)(=O)Nc2ccc(F)c(F)c2)cn1)NC1CCCC1. The molecular formula is C19H22F2N4O3S. The zero-order chi connectivity index (χ0) is 20.9. The Morgan fingerprint density at radius 2 is 1.86 bits per heavy atom. The lowest BCUT2D eigenvalue weighted by Crippen LogP contribution is -2.33. The first-order valence-corrected chi connectivity index (χ1v) is 10.8. The van der Waals surface area contributed by atoms with Crippen molar-refractivity contribution in [3.8, 4) is 0 Å². The van der Waals surface area contributed by atoms with Gasteiger partial charge in [-0.2, -0.15) is 0 Å². The first-order valence-electron chi connectivity index (χ1n) is 9.31. The van der Waals surface area contributed by atoms with Crippen molar-refractivity contribution in [3.63, 3.8) is 0 Å². The van der Waals surface area contributed by atoms with E-state index in [4.69, 9.17) is 0 Å². The van der Waals surface area contributed by atoms with Gasteiger partial charge in [0.1, 0.15) is 10.7 Å². The molecule has 7 nitrogen and oxygen atoms in total. The summed E-state index contributed by atoms with van der Waals surface area (Å²) in [7, 11) is -4.00. The molecule has 3 N–H and O–H groups in total. The third-order valence-corrected chi connectivity index (χ3v) is 5.96. The maximum absolute atomic E-state index is 13.2. The molecule has 0 spiro atoms. The number of amides is 1. The van der Waals surface area contributed by atoms with Crippen molar-refractivity contribution in [2.75, 3.05) is 16.6 Å². The fourth-order valence-corrected chi connectivity index (χ4v) is 4.09. The second-order valence-corrected chi connectivity index (χ2v) is 8.52. The fourth-order valence-electron chi connectivity index (χ4n) is 3.09. The number of rotatable bonds is 8. The summed E-state index contributed by atoms with van der Waals surface area (Å²) in [5, 5.41) is 5.95. The van der Waals surface area contributed by atoms with Crippen LogP contribution in [0.2, 0.25) is 0 Å². The van der Waals surface area contributed by atoms with E-state index in [1.54, 1.807) is 0 Å². The molecular weight excluding hydrogens is 402 g/mol. The second kappa shape index (κ2) is 9.17. The van der Waals surface area contributed by atoms with Gasteiger partial charge in [0, 0.05) is 31.3 Å². The molecule has 1 aromatic heterocycles. The number of anilines is 2. The minimum absolute atomic E-state index is 0.0284. The van der Waals surface area contributed by atoms with Crippen molar-refractivity contribution >= 4 is 27.4 Å². The monoisotopic (exact) mass is 424 g/mol. The van der Waals surface area contributed by atoms with E-state index in [-0.39, 0.29) is 29.0 Å². The van der Waals surface area contributed by atoms with Crippen LogP contribution in [0.1, 0.15) is 32.1 Å². The van der Waals surface area contributed by atoms with Crippen LogP contribution in [0.25, 0.3) is 0 Å². The van der Waals surface area contributed by atoms with Gasteiger partial charge < -0.3 is 10.6 Å². The maximum atomic E-state index is 13.2.